The average molecular weight is 412 g/mol. The fourth-order valence-electron chi connectivity index (χ4n) is 2.98. The molecule has 29 heavy (non-hydrogen) atoms. The minimum Gasteiger partial charge on any atom is -0.361 e. The Labute approximate surface area is 170 Å². The van der Waals surface area contributed by atoms with Crippen molar-refractivity contribution >= 4 is 34.4 Å². The molecule has 3 N–H and O–H groups in total. The summed E-state index contributed by atoms with van der Waals surface area (Å²) in [6.07, 6.45) is 6.47. The fraction of sp³-hybridized carbons (Fsp3) is 0.211. The molecule has 0 saturated heterocycles. The van der Waals surface area contributed by atoms with E-state index in [-0.39, 0.29) is 12.5 Å². The van der Waals surface area contributed by atoms with Gasteiger partial charge in [0.1, 0.15) is 17.1 Å². The van der Waals surface area contributed by atoms with Gasteiger partial charge in [-0.2, -0.15) is 0 Å². The van der Waals surface area contributed by atoms with E-state index >= 15 is 0 Å². The van der Waals surface area contributed by atoms with Gasteiger partial charge in [0, 0.05) is 29.4 Å². The fourth-order valence-corrected chi connectivity index (χ4v) is 3.14. The Morgan fingerprint density at radius 3 is 2.90 bits per heavy atom. The monoisotopic (exact) mass is 411 g/mol. The molecular weight excluding hydrogens is 394 g/mol. The van der Waals surface area contributed by atoms with E-state index in [0.29, 0.717) is 33.6 Å². The van der Waals surface area contributed by atoms with Crippen molar-refractivity contribution in [3.63, 3.8) is 0 Å². The van der Waals surface area contributed by atoms with E-state index in [9.17, 15) is 4.79 Å². The number of H-pyrrole nitrogens is 1. The molecule has 0 unspecified atom stereocenters. The van der Waals surface area contributed by atoms with E-state index < -0.39 is 6.04 Å². The maximum atomic E-state index is 12.8. The summed E-state index contributed by atoms with van der Waals surface area (Å²) < 4.78 is 5.10. The van der Waals surface area contributed by atoms with Crippen LogP contribution in [-0.2, 0) is 11.3 Å². The molecule has 0 spiro atoms. The number of hydrogen-bond acceptors (Lipinski definition) is 7. The first-order chi connectivity index (χ1) is 13.9. The second kappa shape index (κ2) is 7.61. The normalized spacial score (nSPS) is 12.3. The van der Waals surface area contributed by atoms with Crippen molar-refractivity contribution in [2.24, 2.45) is 5.73 Å². The van der Waals surface area contributed by atoms with Gasteiger partial charge in [0.25, 0.3) is 0 Å². The largest absolute Gasteiger partial charge is 0.361 e. The number of aromatic nitrogens is 5. The van der Waals surface area contributed by atoms with Crippen molar-refractivity contribution < 1.29 is 9.32 Å². The number of hydrogen-bond donors (Lipinski definition) is 2. The number of amides is 1. The van der Waals surface area contributed by atoms with Crippen LogP contribution in [0.4, 0.5) is 5.82 Å². The quantitative estimate of drug-likeness (QED) is 0.516. The number of carbonyl (C=O) groups is 1. The minimum atomic E-state index is -0.718. The summed E-state index contributed by atoms with van der Waals surface area (Å²) in [6.45, 7) is 3.57. The molecule has 0 aliphatic heterocycles. The summed E-state index contributed by atoms with van der Waals surface area (Å²) in [5.41, 5.74) is 8.45. The molecule has 0 aliphatic carbocycles. The third kappa shape index (κ3) is 3.82. The van der Waals surface area contributed by atoms with Crippen molar-refractivity contribution in [1.82, 2.24) is 25.1 Å². The van der Waals surface area contributed by atoms with Crippen molar-refractivity contribution in [3.05, 3.63) is 53.4 Å². The molecule has 0 aliphatic rings. The Balaban J connectivity index is 1.76. The first kappa shape index (κ1) is 19.0. The zero-order valence-corrected chi connectivity index (χ0v) is 16.5. The van der Waals surface area contributed by atoms with Gasteiger partial charge in [-0.15, -0.1) is 0 Å². The molecule has 0 radical (unpaired) electrons. The van der Waals surface area contributed by atoms with Crippen LogP contribution in [0.5, 0.6) is 0 Å². The van der Waals surface area contributed by atoms with Crippen molar-refractivity contribution in [2.75, 3.05) is 4.90 Å². The van der Waals surface area contributed by atoms with Gasteiger partial charge in [-0.3, -0.25) is 14.7 Å². The lowest BCUT2D eigenvalue weighted by atomic mass is 10.1. The summed E-state index contributed by atoms with van der Waals surface area (Å²) >= 11 is 6.09. The van der Waals surface area contributed by atoms with E-state index in [4.69, 9.17) is 21.9 Å². The van der Waals surface area contributed by atoms with Gasteiger partial charge in [-0.25, -0.2) is 9.97 Å². The maximum absolute atomic E-state index is 12.8. The SMILES string of the molecule is Cc1cc(CN(C(=O)[C@@H](C)N)c2cncc(-c3c[nH]c4ncc(Cl)cc34)n2)no1. The number of aryl methyl sites for hydroxylation is 1. The van der Waals surface area contributed by atoms with Crippen LogP contribution < -0.4 is 10.6 Å². The number of nitrogens with one attached hydrogen (secondary N) is 1. The first-order valence-corrected chi connectivity index (χ1v) is 9.24. The van der Waals surface area contributed by atoms with Crippen LogP contribution in [-0.4, -0.2) is 37.0 Å². The smallest absolute Gasteiger partial charge is 0.245 e. The molecule has 0 aromatic carbocycles. The number of aromatic amines is 1. The topological polar surface area (TPSA) is 127 Å². The van der Waals surface area contributed by atoms with Crippen LogP contribution in [0.3, 0.4) is 0 Å². The highest BCUT2D eigenvalue weighted by molar-refractivity contribution is 6.31. The van der Waals surface area contributed by atoms with Crippen LogP contribution in [0, 0.1) is 6.92 Å². The molecule has 1 amide bonds. The summed E-state index contributed by atoms with van der Waals surface area (Å²) in [5.74, 6) is 0.701. The molecule has 4 heterocycles. The van der Waals surface area contributed by atoms with E-state index in [0.717, 1.165) is 10.9 Å². The Hall–Kier alpha value is -3.30. The molecule has 148 valence electrons. The van der Waals surface area contributed by atoms with Crippen molar-refractivity contribution in [2.45, 2.75) is 26.4 Å². The lowest BCUT2D eigenvalue weighted by Gasteiger charge is -2.22. The number of carbonyl (C=O) groups excluding carboxylic acids is 1. The predicted octanol–water partition coefficient (Wildman–Crippen LogP) is 2.85. The highest BCUT2D eigenvalue weighted by Crippen LogP contribution is 2.29. The highest BCUT2D eigenvalue weighted by atomic mass is 35.5. The summed E-state index contributed by atoms with van der Waals surface area (Å²) in [7, 11) is 0. The number of nitrogens with two attached hydrogens (primary N) is 1. The zero-order valence-electron chi connectivity index (χ0n) is 15.8. The van der Waals surface area contributed by atoms with Gasteiger partial charge in [-0.1, -0.05) is 16.8 Å². The van der Waals surface area contributed by atoms with E-state index in [1.165, 1.54) is 11.1 Å². The molecule has 9 nitrogen and oxygen atoms in total. The predicted molar refractivity (Wildman–Crippen MR) is 108 cm³/mol. The van der Waals surface area contributed by atoms with Crippen LogP contribution in [0.15, 0.2) is 41.4 Å². The lowest BCUT2D eigenvalue weighted by molar-refractivity contribution is -0.119. The number of pyridine rings is 1. The van der Waals surface area contributed by atoms with Crippen LogP contribution >= 0.6 is 11.6 Å². The Bertz CT molecular complexity index is 1180. The van der Waals surface area contributed by atoms with Crippen molar-refractivity contribution in [3.8, 4) is 11.3 Å². The zero-order chi connectivity index (χ0) is 20.5. The molecule has 0 saturated carbocycles. The number of rotatable bonds is 5. The van der Waals surface area contributed by atoms with E-state index in [1.807, 2.05) is 0 Å². The van der Waals surface area contributed by atoms with Crippen LogP contribution in [0.2, 0.25) is 5.02 Å². The number of halogens is 1. The average Bonchev–Trinajstić information content (AvgIpc) is 3.31. The van der Waals surface area contributed by atoms with Gasteiger partial charge in [0.2, 0.25) is 5.91 Å². The molecule has 4 aromatic heterocycles. The molecule has 4 rings (SSSR count). The molecular formula is C19H18ClN7O2. The van der Waals surface area contributed by atoms with Gasteiger partial charge >= 0.3 is 0 Å². The standard InChI is InChI=1S/C19H18ClN7O2/c1-10-3-13(26-29-10)9-27(19(28)11(2)21)17-8-22-7-16(25-17)15-6-24-18-14(15)4-12(20)5-23-18/h3-8,11H,9,21H2,1-2H3,(H,23,24)/t11-/m1/s1. The third-order valence-electron chi connectivity index (χ3n) is 4.32. The molecule has 0 bridgehead atoms. The van der Waals surface area contributed by atoms with Crippen molar-refractivity contribution in [1.29, 1.82) is 0 Å². The van der Waals surface area contributed by atoms with E-state index in [2.05, 4.69) is 25.1 Å². The Morgan fingerprint density at radius 1 is 1.34 bits per heavy atom. The lowest BCUT2D eigenvalue weighted by Crippen LogP contribution is -2.42. The first-order valence-electron chi connectivity index (χ1n) is 8.86. The third-order valence-corrected chi connectivity index (χ3v) is 4.53. The summed E-state index contributed by atoms with van der Waals surface area (Å²) in [6, 6.07) is 2.84. The summed E-state index contributed by atoms with van der Waals surface area (Å²) in [5, 5.41) is 5.28. The molecule has 10 heteroatoms. The van der Waals surface area contributed by atoms with Gasteiger partial charge < -0.3 is 15.2 Å². The Kier molecular flexibility index (Phi) is 4.99. The maximum Gasteiger partial charge on any atom is 0.245 e. The minimum absolute atomic E-state index is 0.164. The summed E-state index contributed by atoms with van der Waals surface area (Å²) in [4.78, 5) is 30.4. The number of nitrogens with zero attached hydrogens (tertiary/aromatic N) is 5. The number of fused-ring (bicyclic) bond motifs is 1. The van der Waals surface area contributed by atoms with E-state index in [1.54, 1.807) is 44.6 Å². The van der Waals surface area contributed by atoms with Gasteiger partial charge in [-0.05, 0) is 19.9 Å². The second-order valence-electron chi connectivity index (χ2n) is 6.66. The van der Waals surface area contributed by atoms with Crippen LogP contribution in [0.1, 0.15) is 18.4 Å². The Morgan fingerprint density at radius 2 is 2.17 bits per heavy atom. The van der Waals surface area contributed by atoms with Gasteiger partial charge in [0.05, 0.1) is 35.7 Å². The number of anilines is 1. The molecule has 1 atom stereocenters. The highest BCUT2D eigenvalue weighted by Gasteiger charge is 2.23. The van der Waals surface area contributed by atoms with Crippen LogP contribution in [0.25, 0.3) is 22.3 Å². The van der Waals surface area contributed by atoms with Gasteiger partial charge in [0.15, 0.2) is 5.82 Å². The molecule has 0 fully saturated rings. The second-order valence-corrected chi connectivity index (χ2v) is 7.09. The molecule has 4 aromatic rings.